The number of hydrogen-bond donors (Lipinski definition) is 1. The number of thiophene rings is 1. The number of hydrogen-bond acceptors (Lipinski definition) is 6. The van der Waals surface area contributed by atoms with Gasteiger partial charge < -0.3 is 10.1 Å². The maximum Gasteiger partial charge on any atom is 0.234 e. The summed E-state index contributed by atoms with van der Waals surface area (Å²) in [5, 5.41) is 14.6. The predicted octanol–water partition coefficient (Wildman–Crippen LogP) is 5.33. The molecule has 0 unspecified atom stereocenters. The summed E-state index contributed by atoms with van der Waals surface area (Å²) in [7, 11) is 0. The quantitative estimate of drug-likeness (QED) is 0.489. The number of nitrogens with one attached hydrogen (secondary N) is 1. The van der Waals surface area contributed by atoms with Crippen molar-refractivity contribution in [3.63, 3.8) is 0 Å². The van der Waals surface area contributed by atoms with Crippen molar-refractivity contribution in [3.05, 3.63) is 40.1 Å². The molecule has 0 atom stereocenters. The predicted molar refractivity (Wildman–Crippen MR) is 120 cm³/mol. The number of amides is 1. The minimum absolute atomic E-state index is 0.107. The summed E-state index contributed by atoms with van der Waals surface area (Å²) >= 11 is 3.11. The molecule has 3 aromatic rings. The highest BCUT2D eigenvalue weighted by Crippen LogP contribution is 2.33. The van der Waals surface area contributed by atoms with Crippen LogP contribution in [-0.2, 0) is 4.79 Å². The molecule has 0 bridgehead atoms. The molecule has 2 aromatic heterocycles. The molecule has 0 aliphatic rings. The first kappa shape index (κ1) is 21.4. The normalized spacial score (nSPS) is 11.1. The number of aromatic nitrogens is 3. The van der Waals surface area contributed by atoms with Crippen LogP contribution in [0.25, 0.3) is 11.4 Å². The smallest absolute Gasteiger partial charge is 0.234 e. The number of para-hydroxylation sites is 2. The van der Waals surface area contributed by atoms with Gasteiger partial charge in [0.2, 0.25) is 5.91 Å². The molecular weight excluding hydrogens is 404 g/mol. The van der Waals surface area contributed by atoms with Crippen LogP contribution in [0.15, 0.2) is 34.8 Å². The monoisotopic (exact) mass is 430 g/mol. The number of anilines is 1. The van der Waals surface area contributed by atoms with Crippen LogP contribution in [-0.4, -0.2) is 33.0 Å². The Morgan fingerprint density at radius 3 is 2.69 bits per heavy atom. The molecule has 0 spiro atoms. The Bertz CT molecular complexity index is 994. The zero-order valence-electron chi connectivity index (χ0n) is 17.4. The zero-order chi connectivity index (χ0) is 21.0. The third-order valence-corrected chi connectivity index (χ3v) is 6.46. The summed E-state index contributed by atoms with van der Waals surface area (Å²) in [4.78, 5) is 13.8. The van der Waals surface area contributed by atoms with E-state index in [1.54, 1.807) is 11.3 Å². The van der Waals surface area contributed by atoms with E-state index >= 15 is 0 Å². The fraction of sp³-hybridized carbons (Fsp3) is 0.381. The highest BCUT2D eigenvalue weighted by atomic mass is 32.2. The van der Waals surface area contributed by atoms with E-state index in [9.17, 15) is 4.79 Å². The molecule has 0 fully saturated rings. The standard InChI is InChI=1S/C21H26N4O2S2/c1-6-27-18-10-8-7-9-17(18)22-19(26)12-29-21-24-23-20(25(21)13(2)3)16-11-28-15(5)14(16)4/h7-11,13H,6,12H2,1-5H3,(H,22,26). The lowest BCUT2D eigenvalue weighted by atomic mass is 10.1. The molecular formula is C21H26N4O2S2. The maximum atomic E-state index is 12.5. The number of aryl methyl sites for hydroxylation is 1. The summed E-state index contributed by atoms with van der Waals surface area (Å²) in [6.07, 6.45) is 0. The summed E-state index contributed by atoms with van der Waals surface area (Å²) < 4.78 is 7.67. The Balaban J connectivity index is 1.74. The van der Waals surface area contributed by atoms with Gasteiger partial charge in [0.15, 0.2) is 11.0 Å². The van der Waals surface area contributed by atoms with E-state index < -0.39 is 0 Å². The van der Waals surface area contributed by atoms with Crippen LogP contribution in [0.4, 0.5) is 5.69 Å². The highest BCUT2D eigenvalue weighted by Gasteiger charge is 2.20. The van der Waals surface area contributed by atoms with Gasteiger partial charge >= 0.3 is 0 Å². The molecule has 0 aliphatic carbocycles. The Morgan fingerprint density at radius 2 is 2.03 bits per heavy atom. The van der Waals surface area contributed by atoms with Crippen LogP contribution in [0.2, 0.25) is 0 Å². The van der Waals surface area contributed by atoms with Crippen molar-refractivity contribution in [2.75, 3.05) is 17.7 Å². The van der Waals surface area contributed by atoms with Gasteiger partial charge in [-0.3, -0.25) is 9.36 Å². The first-order valence-corrected chi connectivity index (χ1v) is 11.4. The zero-order valence-corrected chi connectivity index (χ0v) is 19.0. The van der Waals surface area contributed by atoms with Crippen molar-refractivity contribution in [2.24, 2.45) is 0 Å². The van der Waals surface area contributed by atoms with E-state index in [1.807, 2.05) is 31.2 Å². The molecule has 29 heavy (non-hydrogen) atoms. The summed E-state index contributed by atoms with van der Waals surface area (Å²) in [6, 6.07) is 7.63. The Kier molecular flexibility index (Phi) is 6.97. The average molecular weight is 431 g/mol. The topological polar surface area (TPSA) is 69.0 Å². The first-order chi connectivity index (χ1) is 13.9. The molecule has 1 N–H and O–H groups in total. The number of nitrogens with zero attached hydrogens (tertiary/aromatic N) is 3. The fourth-order valence-corrected chi connectivity index (χ4v) is 4.66. The summed E-state index contributed by atoms with van der Waals surface area (Å²) in [5.41, 5.74) is 3.01. The van der Waals surface area contributed by atoms with Crippen LogP contribution >= 0.6 is 23.1 Å². The van der Waals surface area contributed by atoms with Crippen molar-refractivity contribution in [1.29, 1.82) is 0 Å². The van der Waals surface area contributed by atoms with Crippen LogP contribution in [0, 0.1) is 13.8 Å². The van der Waals surface area contributed by atoms with Gasteiger partial charge in [0.1, 0.15) is 5.75 Å². The largest absolute Gasteiger partial charge is 0.492 e. The van der Waals surface area contributed by atoms with E-state index in [2.05, 4.69) is 53.2 Å². The van der Waals surface area contributed by atoms with Gasteiger partial charge in [0.25, 0.3) is 0 Å². The van der Waals surface area contributed by atoms with E-state index in [4.69, 9.17) is 4.74 Å². The highest BCUT2D eigenvalue weighted by molar-refractivity contribution is 7.99. The fourth-order valence-electron chi connectivity index (χ4n) is 2.93. The van der Waals surface area contributed by atoms with E-state index in [-0.39, 0.29) is 17.7 Å². The minimum atomic E-state index is -0.107. The van der Waals surface area contributed by atoms with E-state index in [0.717, 1.165) is 16.5 Å². The molecule has 8 heteroatoms. The molecule has 2 heterocycles. The van der Waals surface area contributed by atoms with Crippen LogP contribution in [0.5, 0.6) is 5.75 Å². The van der Waals surface area contributed by atoms with Crippen molar-refractivity contribution in [3.8, 4) is 17.1 Å². The second-order valence-corrected chi connectivity index (χ2v) is 8.89. The van der Waals surface area contributed by atoms with E-state index in [1.165, 1.54) is 22.2 Å². The lowest BCUT2D eigenvalue weighted by molar-refractivity contribution is -0.113. The van der Waals surface area contributed by atoms with Crippen LogP contribution < -0.4 is 10.1 Å². The van der Waals surface area contributed by atoms with Crippen LogP contribution in [0.1, 0.15) is 37.3 Å². The minimum Gasteiger partial charge on any atom is -0.492 e. The van der Waals surface area contributed by atoms with Crippen LogP contribution in [0.3, 0.4) is 0 Å². The van der Waals surface area contributed by atoms with E-state index in [0.29, 0.717) is 18.0 Å². The number of thioether (sulfide) groups is 1. The van der Waals surface area contributed by atoms with Crippen molar-refractivity contribution < 1.29 is 9.53 Å². The first-order valence-electron chi connectivity index (χ1n) is 9.56. The van der Waals surface area contributed by atoms with Crippen molar-refractivity contribution in [2.45, 2.75) is 45.8 Å². The molecule has 3 rings (SSSR count). The average Bonchev–Trinajstić information content (AvgIpc) is 3.25. The van der Waals surface area contributed by atoms with Gasteiger partial charge in [-0.1, -0.05) is 23.9 Å². The molecule has 1 aromatic carbocycles. The lowest BCUT2D eigenvalue weighted by Gasteiger charge is -2.14. The molecule has 1 amide bonds. The lowest BCUT2D eigenvalue weighted by Crippen LogP contribution is -2.15. The summed E-state index contributed by atoms with van der Waals surface area (Å²) in [6.45, 7) is 10.9. The van der Waals surface area contributed by atoms with Gasteiger partial charge in [-0.05, 0) is 52.3 Å². The van der Waals surface area contributed by atoms with Gasteiger partial charge in [-0.15, -0.1) is 21.5 Å². The Hall–Kier alpha value is -2.32. The SMILES string of the molecule is CCOc1ccccc1NC(=O)CSc1nnc(-c2csc(C)c2C)n1C(C)C. The van der Waals surface area contributed by atoms with Crippen molar-refractivity contribution >= 4 is 34.7 Å². The molecule has 6 nitrogen and oxygen atoms in total. The van der Waals surface area contributed by atoms with Gasteiger partial charge in [-0.25, -0.2) is 0 Å². The molecule has 0 radical (unpaired) electrons. The number of rotatable bonds is 8. The van der Waals surface area contributed by atoms with Crippen molar-refractivity contribution in [1.82, 2.24) is 14.8 Å². The third-order valence-electron chi connectivity index (χ3n) is 4.50. The number of carbonyl (C=O) groups excluding carboxylic acids is 1. The van der Waals surface area contributed by atoms with Gasteiger partial charge in [-0.2, -0.15) is 0 Å². The molecule has 0 saturated carbocycles. The molecule has 0 aliphatic heterocycles. The number of ether oxygens (including phenoxy) is 1. The second kappa shape index (κ2) is 9.45. The number of carbonyl (C=O) groups is 1. The summed E-state index contributed by atoms with van der Waals surface area (Å²) in [5.74, 6) is 1.66. The Labute approximate surface area is 179 Å². The molecule has 0 saturated heterocycles. The number of benzene rings is 1. The van der Waals surface area contributed by atoms with Gasteiger partial charge in [0, 0.05) is 21.9 Å². The third kappa shape index (κ3) is 4.82. The maximum absolute atomic E-state index is 12.5. The Morgan fingerprint density at radius 1 is 1.28 bits per heavy atom. The second-order valence-electron chi connectivity index (χ2n) is 6.87. The molecule has 154 valence electrons. The van der Waals surface area contributed by atoms with Gasteiger partial charge in [0.05, 0.1) is 18.0 Å².